The molecule has 0 aliphatic rings. The third-order valence-electron chi connectivity index (χ3n) is 2.41. The van der Waals surface area contributed by atoms with Crippen LogP contribution >= 0.6 is 0 Å². The number of hydrogen-bond donors (Lipinski definition) is 5. The van der Waals surface area contributed by atoms with Gasteiger partial charge in [-0.3, -0.25) is 19.2 Å². The van der Waals surface area contributed by atoms with Crippen molar-refractivity contribution < 1.29 is 24.3 Å². The van der Waals surface area contributed by atoms with Crippen LogP contribution in [0.3, 0.4) is 0 Å². The minimum atomic E-state index is -1.19. The van der Waals surface area contributed by atoms with E-state index >= 15 is 0 Å². The molecule has 0 saturated heterocycles. The van der Waals surface area contributed by atoms with Gasteiger partial charge >= 0.3 is 0 Å². The Kier molecular flexibility index (Phi) is 7.69. The lowest BCUT2D eigenvalue weighted by Crippen LogP contribution is -2.50. The Bertz CT molecular complexity index is 449. The molecule has 4 amide bonds. The van der Waals surface area contributed by atoms with Crippen molar-refractivity contribution in [3.05, 3.63) is 12.3 Å². The Labute approximate surface area is 122 Å². The van der Waals surface area contributed by atoms with Crippen LogP contribution in [0.15, 0.2) is 12.3 Å². The fourth-order valence-corrected chi connectivity index (χ4v) is 1.30. The number of nitrogens with one attached hydrogen (secondary N) is 4. The van der Waals surface area contributed by atoms with E-state index in [4.69, 9.17) is 5.11 Å². The van der Waals surface area contributed by atoms with Crippen LogP contribution in [0.2, 0.25) is 0 Å². The van der Waals surface area contributed by atoms with Gasteiger partial charge in [0.15, 0.2) is 0 Å². The van der Waals surface area contributed by atoms with Gasteiger partial charge in [0, 0.05) is 14.0 Å². The Morgan fingerprint density at radius 2 is 1.71 bits per heavy atom. The van der Waals surface area contributed by atoms with Crippen LogP contribution in [0.5, 0.6) is 0 Å². The number of rotatable bonds is 7. The first kappa shape index (κ1) is 18.6. The quantitative estimate of drug-likeness (QED) is 0.327. The summed E-state index contributed by atoms with van der Waals surface area (Å²) in [5.41, 5.74) is -0.306. The van der Waals surface area contributed by atoms with Gasteiger partial charge < -0.3 is 26.4 Å². The van der Waals surface area contributed by atoms with Crippen LogP contribution in [0.4, 0.5) is 0 Å². The molecule has 0 heterocycles. The van der Waals surface area contributed by atoms with Gasteiger partial charge in [-0.05, 0) is 6.92 Å². The first-order chi connectivity index (χ1) is 9.72. The van der Waals surface area contributed by atoms with Gasteiger partial charge in [-0.25, -0.2) is 0 Å². The fraction of sp³-hybridized carbons (Fsp3) is 0.500. The van der Waals surface area contributed by atoms with Crippen LogP contribution in [-0.2, 0) is 19.2 Å². The summed E-state index contributed by atoms with van der Waals surface area (Å²) in [6.07, 6.45) is 0. The number of hydrogen-bond acceptors (Lipinski definition) is 5. The van der Waals surface area contributed by atoms with Gasteiger partial charge in [0.25, 0.3) is 5.91 Å². The average Bonchev–Trinajstić information content (AvgIpc) is 2.42. The largest absolute Gasteiger partial charge is 0.394 e. The van der Waals surface area contributed by atoms with E-state index in [1.807, 2.05) is 0 Å². The SMILES string of the molecule is C=C(NC(=O)[C@H](CO)NC(C)=O)C(=O)N[C@@H](C)C(=O)NC. The molecular formula is C12H20N4O5. The Balaban J connectivity index is 4.53. The van der Waals surface area contributed by atoms with Gasteiger partial charge in [-0.1, -0.05) is 6.58 Å². The van der Waals surface area contributed by atoms with Gasteiger partial charge in [-0.2, -0.15) is 0 Å². The number of amides is 4. The van der Waals surface area contributed by atoms with Crippen molar-refractivity contribution in [2.45, 2.75) is 25.9 Å². The van der Waals surface area contributed by atoms with Crippen LogP contribution in [-0.4, -0.2) is 54.5 Å². The maximum Gasteiger partial charge on any atom is 0.267 e. The van der Waals surface area contributed by atoms with Crippen LogP contribution in [0, 0.1) is 0 Å². The van der Waals surface area contributed by atoms with Crippen molar-refractivity contribution in [3.63, 3.8) is 0 Å². The molecule has 5 N–H and O–H groups in total. The maximum atomic E-state index is 11.7. The molecule has 0 radical (unpaired) electrons. The highest BCUT2D eigenvalue weighted by Gasteiger charge is 2.22. The lowest BCUT2D eigenvalue weighted by atomic mass is 10.2. The monoisotopic (exact) mass is 300 g/mol. The number of aliphatic hydroxyl groups excluding tert-OH is 1. The summed E-state index contributed by atoms with van der Waals surface area (Å²) in [6.45, 7) is 5.37. The lowest BCUT2D eigenvalue weighted by Gasteiger charge is -2.17. The van der Waals surface area contributed by atoms with Crippen molar-refractivity contribution in [2.24, 2.45) is 0 Å². The zero-order valence-electron chi connectivity index (χ0n) is 12.1. The predicted octanol–water partition coefficient (Wildman–Crippen LogP) is -2.64. The molecule has 0 aliphatic heterocycles. The van der Waals surface area contributed by atoms with Gasteiger partial charge in [-0.15, -0.1) is 0 Å². The Morgan fingerprint density at radius 1 is 1.14 bits per heavy atom. The minimum Gasteiger partial charge on any atom is -0.394 e. The highest BCUT2D eigenvalue weighted by Crippen LogP contribution is 1.92. The predicted molar refractivity (Wildman–Crippen MR) is 73.6 cm³/mol. The molecule has 0 aromatic rings. The molecule has 0 spiro atoms. The maximum absolute atomic E-state index is 11.7. The first-order valence-corrected chi connectivity index (χ1v) is 6.13. The molecule has 9 nitrogen and oxygen atoms in total. The standard InChI is InChI=1S/C12H20N4O5/c1-6(10(19)13-4)14-11(20)7(2)15-12(21)9(5-17)16-8(3)18/h6,9,17H,2,5H2,1,3-4H3,(H,13,19)(H,14,20)(H,15,21)(H,16,18)/t6-,9-/m0/s1. The second kappa shape index (κ2) is 8.69. The molecule has 0 aromatic carbocycles. The molecule has 2 atom stereocenters. The summed E-state index contributed by atoms with van der Waals surface area (Å²) in [6, 6.07) is -2.00. The molecule has 0 rings (SSSR count). The number of likely N-dealkylation sites (N-methyl/N-ethyl adjacent to an activating group) is 1. The zero-order chi connectivity index (χ0) is 16.6. The van der Waals surface area contributed by atoms with E-state index in [0.717, 1.165) is 0 Å². The third-order valence-corrected chi connectivity index (χ3v) is 2.41. The number of carbonyl (C=O) groups excluding carboxylic acids is 4. The van der Waals surface area contributed by atoms with E-state index in [1.165, 1.54) is 20.9 Å². The van der Waals surface area contributed by atoms with Gasteiger partial charge in [0.1, 0.15) is 12.1 Å². The molecular weight excluding hydrogens is 280 g/mol. The molecule has 118 valence electrons. The molecule has 21 heavy (non-hydrogen) atoms. The molecule has 0 fully saturated rings. The van der Waals surface area contributed by atoms with E-state index in [0.29, 0.717) is 0 Å². The van der Waals surface area contributed by atoms with E-state index in [1.54, 1.807) is 0 Å². The van der Waals surface area contributed by atoms with Gasteiger partial charge in [0.05, 0.1) is 12.3 Å². The van der Waals surface area contributed by atoms with Crippen molar-refractivity contribution in [2.75, 3.05) is 13.7 Å². The van der Waals surface area contributed by atoms with Crippen molar-refractivity contribution in [3.8, 4) is 0 Å². The second-order valence-corrected chi connectivity index (χ2v) is 4.21. The van der Waals surface area contributed by atoms with E-state index < -0.39 is 42.3 Å². The Morgan fingerprint density at radius 3 is 2.14 bits per heavy atom. The summed E-state index contributed by atoms with van der Waals surface area (Å²) in [7, 11) is 1.42. The second-order valence-electron chi connectivity index (χ2n) is 4.21. The smallest absolute Gasteiger partial charge is 0.267 e. The molecule has 0 aliphatic carbocycles. The van der Waals surface area contributed by atoms with Crippen LogP contribution in [0.25, 0.3) is 0 Å². The topological polar surface area (TPSA) is 137 Å². The lowest BCUT2D eigenvalue weighted by molar-refractivity contribution is -0.130. The third kappa shape index (κ3) is 6.52. The normalized spacial score (nSPS) is 12.6. The van der Waals surface area contributed by atoms with Crippen molar-refractivity contribution in [1.29, 1.82) is 0 Å². The summed E-state index contributed by atoms with van der Waals surface area (Å²) in [4.78, 5) is 45.5. The highest BCUT2D eigenvalue weighted by molar-refractivity contribution is 6.00. The summed E-state index contributed by atoms with van der Waals surface area (Å²) < 4.78 is 0. The zero-order valence-corrected chi connectivity index (χ0v) is 12.1. The molecule has 0 aromatic heterocycles. The number of carbonyl (C=O) groups is 4. The summed E-state index contributed by atoms with van der Waals surface area (Å²) >= 11 is 0. The summed E-state index contributed by atoms with van der Waals surface area (Å²) in [5.74, 6) is -2.46. The van der Waals surface area contributed by atoms with Crippen molar-refractivity contribution in [1.82, 2.24) is 21.3 Å². The fourth-order valence-electron chi connectivity index (χ4n) is 1.30. The van der Waals surface area contributed by atoms with Crippen LogP contribution < -0.4 is 21.3 Å². The molecule has 0 bridgehead atoms. The van der Waals surface area contributed by atoms with Crippen molar-refractivity contribution >= 4 is 23.6 Å². The average molecular weight is 300 g/mol. The molecule has 0 unspecified atom stereocenters. The van der Waals surface area contributed by atoms with E-state index in [-0.39, 0.29) is 5.70 Å². The number of aliphatic hydroxyl groups is 1. The van der Waals surface area contributed by atoms with Gasteiger partial charge in [0.2, 0.25) is 17.7 Å². The molecule has 9 heteroatoms. The van der Waals surface area contributed by atoms with E-state index in [2.05, 4.69) is 27.8 Å². The molecule has 0 saturated carbocycles. The first-order valence-electron chi connectivity index (χ1n) is 6.13. The van der Waals surface area contributed by atoms with E-state index in [9.17, 15) is 19.2 Å². The van der Waals surface area contributed by atoms with Crippen LogP contribution in [0.1, 0.15) is 13.8 Å². The Hall–Kier alpha value is -2.42. The highest BCUT2D eigenvalue weighted by atomic mass is 16.3. The minimum absolute atomic E-state index is 0.306. The summed E-state index contributed by atoms with van der Waals surface area (Å²) in [5, 5.41) is 18.0.